The van der Waals surface area contributed by atoms with Crippen molar-refractivity contribution in [2.45, 2.75) is 25.8 Å². The van der Waals surface area contributed by atoms with Crippen molar-refractivity contribution in [2.24, 2.45) is 5.92 Å². The second kappa shape index (κ2) is 4.82. The molecule has 1 aliphatic heterocycles. The van der Waals surface area contributed by atoms with E-state index >= 15 is 0 Å². The van der Waals surface area contributed by atoms with Crippen molar-refractivity contribution in [3.63, 3.8) is 0 Å². The first-order valence-corrected chi connectivity index (χ1v) is 5.99. The van der Waals surface area contributed by atoms with E-state index in [1.807, 2.05) is 6.92 Å². The molecule has 16 heavy (non-hydrogen) atoms. The third-order valence-electron chi connectivity index (χ3n) is 3.29. The Labute approximate surface area is 95.6 Å². The summed E-state index contributed by atoms with van der Waals surface area (Å²) in [5.74, 6) is -0.241. The fourth-order valence-corrected chi connectivity index (χ4v) is 1.99. The van der Waals surface area contributed by atoms with Crippen molar-refractivity contribution in [2.75, 3.05) is 26.2 Å². The van der Waals surface area contributed by atoms with E-state index in [0.29, 0.717) is 19.0 Å². The van der Waals surface area contributed by atoms with E-state index in [1.165, 1.54) is 12.8 Å². The quantitative estimate of drug-likeness (QED) is 0.613. The zero-order valence-electron chi connectivity index (χ0n) is 9.66. The molecule has 0 spiro atoms. The van der Waals surface area contributed by atoms with Crippen LogP contribution in [0.15, 0.2) is 0 Å². The number of rotatable bonds is 2. The van der Waals surface area contributed by atoms with Crippen LogP contribution in [0.2, 0.25) is 0 Å². The van der Waals surface area contributed by atoms with Gasteiger partial charge in [0.05, 0.1) is 0 Å². The number of carbonyl (C=O) groups is 2. The molecule has 5 nitrogen and oxygen atoms in total. The Hall–Kier alpha value is -1.10. The highest BCUT2D eigenvalue weighted by atomic mass is 16.2. The number of nitrogens with zero attached hydrogens (tertiary/aromatic N) is 1. The Balaban J connectivity index is 1.80. The monoisotopic (exact) mass is 225 g/mol. The van der Waals surface area contributed by atoms with E-state index in [0.717, 1.165) is 13.1 Å². The van der Waals surface area contributed by atoms with Gasteiger partial charge < -0.3 is 15.5 Å². The minimum absolute atomic E-state index is 0.138. The number of piperazine rings is 1. The predicted molar refractivity (Wildman–Crippen MR) is 59.8 cm³/mol. The summed E-state index contributed by atoms with van der Waals surface area (Å²) in [6.07, 6.45) is 2.34. The van der Waals surface area contributed by atoms with E-state index in [4.69, 9.17) is 0 Å². The van der Waals surface area contributed by atoms with Gasteiger partial charge in [-0.05, 0) is 25.7 Å². The Morgan fingerprint density at radius 1 is 1.31 bits per heavy atom. The molecule has 2 amide bonds. The zero-order chi connectivity index (χ0) is 11.5. The maximum absolute atomic E-state index is 11.8. The fourth-order valence-electron chi connectivity index (χ4n) is 1.99. The molecule has 2 fully saturated rings. The Morgan fingerprint density at radius 3 is 2.50 bits per heavy atom. The molecule has 1 saturated heterocycles. The molecule has 5 heteroatoms. The molecule has 1 aliphatic carbocycles. The zero-order valence-corrected chi connectivity index (χ0v) is 9.66. The number of carbonyl (C=O) groups excluding carboxylic acids is 2. The van der Waals surface area contributed by atoms with Crippen LogP contribution in [-0.4, -0.2) is 48.9 Å². The SMILES string of the molecule is CC(NC(=O)C(=O)N1CCNCC1)C1CC1. The van der Waals surface area contributed by atoms with Crippen LogP contribution in [0.5, 0.6) is 0 Å². The second-order valence-corrected chi connectivity index (χ2v) is 4.64. The van der Waals surface area contributed by atoms with Crippen molar-refractivity contribution in [1.29, 1.82) is 0 Å². The topological polar surface area (TPSA) is 61.4 Å². The van der Waals surface area contributed by atoms with Gasteiger partial charge in [0.1, 0.15) is 0 Å². The Kier molecular flexibility index (Phi) is 3.43. The van der Waals surface area contributed by atoms with Crippen molar-refractivity contribution in [1.82, 2.24) is 15.5 Å². The van der Waals surface area contributed by atoms with Gasteiger partial charge in [-0.2, -0.15) is 0 Å². The number of nitrogens with one attached hydrogen (secondary N) is 2. The van der Waals surface area contributed by atoms with Crippen molar-refractivity contribution >= 4 is 11.8 Å². The molecule has 1 unspecified atom stereocenters. The summed E-state index contributed by atoms with van der Waals surface area (Å²) >= 11 is 0. The molecule has 2 aliphatic rings. The van der Waals surface area contributed by atoms with Gasteiger partial charge in [-0.1, -0.05) is 0 Å². The van der Waals surface area contributed by atoms with Crippen LogP contribution >= 0.6 is 0 Å². The Bertz CT molecular complexity index is 283. The lowest BCUT2D eigenvalue weighted by molar-refractivity contribution is -0.146. The molecular formula is C11H19N3O2. The molecule has 0 aromatic rings. The lowest BCUT2D eigenvalue weighted by Crippen LogP contribution is -2.52. The smallest absolute Gasteiger partial charge is 0.311 e. The lowest BCUT2D eigenvalue weighted by Gasteiger charge is -2.27. The van der Waals surface area contributed by atoms with Crippen LogP contribution in [0, 0.1) is 5.92 Å². The van der Waals surface area contributed by atoms with E-state index in [-0.39, 0.29) is 11.9 Å². The highest BCUT2D eigenvalue weighted by Crippen LogP contribution is 2.32. The van der Waals surface area contributed by atoms with Crippen LogP contribution in [0.3, 0.4) is 0 Å². The third kappa shape index (κ3) is 2.72. The minimum atomic E-state index is -0.443. The average Bonchev–Trinajstić information content (AvgIpc) is 3.13. The van der Waals surface area contributed by atoms with Crippen LogP contribution in [0.25, 0.3) is 0 Å². The summed E-state index contributed by atoms with van der Waals surface area (Å²) < 4.78 is 0. The molecule has 0 radical (unpaired) electrons. The van der Waals surface area contributed by atoms with E-state index in [1.54, 1.807) is 4.90 Å². The summed E-state index contributed by atoms with van der Waals surface area (Å²) in [6, 6.07) is 0.138. The summed E-state index contributed by atoms with van der Waals surface area (Å²) in [4.78, 5) is 25.0. The molecule has 1 atom stereocenters. The van der Waals surface area contributed by atoms with E-state index in [9.17, 15) is 9.59 Å². The summed E-state index contributed by atoms with van der Waals surface area (Å²) in [6.45, 7) is 4.78. The molecule has 1 heterocycles. The normalized spacial score (nSPS) is 22.7. The van der Waals surface area contributed by atoms with Gasteiger partial charge in [0.2, 0.25) is 0 Å². The maximum Gasteiger partial charge on any atom is 0.311 e. The number of amides is 2. The van der Waals surface area contributed by atoms with Gasteiger partial charge in [0.25, 0.3) is 0 Å². The van der Waals surface area contributed by atoms with Crippen LogP contribution in [0.4, 0.5) is 0 Å². The number of hydrogen-bond acceptors (Lipinski definition) is 3. The van der Waals surface area contributed by atoms with E-state index < -0.39 is 5.91 Å². The third-order valence-corrected chi connectivity index (χ3v) is 3.29. The van der Waals surface area contributed by atoms with Gasteiger partial charge in [-0.25, -0.2) is 0 Å². The molecule has 1 saturated carbocycles. The predicted octanol–water partition coefficient (Wildman–Crippen LogP) is -0.667. The van der Waals surface area contributed by atoms with Crippen molar-refractivity contribution < 1.29 is 9.59 Å². The second-order valence-electron chi connectivity index (χ2n) is 4.64. The van der Waals surface area contributed by atoms with Crippen LogP contribution < -0.4 is 10.6 Å². The standard InChI is InChI=1S/C11H19N3O2/c1-8(9-2-3-9)13-10(15)11(16)14-6-4-12-5-7-14/h8-9,12H,2-7H2,1H3,(H,13,15). The molecule has 0 aromatic heterocycles. The number of hydrogen-bond donors (Lipinski definition) is 2. The van der Waals surface area contributed by atoms with Gasteiger partial charge in [0, 0.05) is 32.2 Å². The molecule has 2 N–H and O–H groups in total. The lowest BCUT2D eigenvalue weighted by atomic mass is 10.2. The Morgan fingerprint density at radius 2 is 1.94 bits per heavy atom. The summed E-state index contributed by atoms with van der Waals surface area (Å²) in [5.41, 5.74) is 0. The van der Waals surface area contributed by atoms with Crippen LogP contribution in [0.1, 0.15) is 19.8 Å². The summed E-state index contributed by atoms with van der Waals surface area (Å²) in [5, 5.41) is 5.94. The molecule has 0 bridgehead atoms. The molecule has 0 aromatic carbocycles. The van der Waals surface area contributed by atoms with Crippen LogP contribution in [-0.2, 0) is 9.59 Å². The van der Waals surface area contributed by atoms with Gasteiger partial charge >= 0.3 is 11.8 Å². The molecular weight excluding hydrogens is 206 g/mol. The van der Waals surface area contributed by atoms with Crippen molar-refractivity contribution in [3.8, 4) is 0 Å². The highest BCUT2D eigenvalue weighted by molar-refractivity contribution is 6.35. The van der Waals surface area contributed by atoms with Gasteiger partial charge in [-0.15, -0.1) is 0 Å². The highest BCUT2D eigenvalue weighted by Gasteiger charge is 2.31. The average molecular weight is 225 g/mol. The summed E-state index contributed by atoms with van der Waals surface area (Å²) in [7, 11) is 0. The van der Waals surface area contributed by atoms with E-state index in [2.05, 4.69) is 10.6 Å². The first-order chi connectivity index (χ1) is 7.68. The largest absolute Gasteiger partial charge is 0.345 e. The first kappa shape index (κ1) is 11.4. The molecule has 90 valence electrons. The maximum atomic E-state index is 11.8. The van der Waals surface area contributed by atoms with Crippen molar-refractivity contribution in [3.05, 3.63) is 0 Å². The van der Waals surface area contributed by atoms with Gasteiger partial charge in [0.15, 0.2) is 0 Å². The minimum Gasteiger partial charge on any atom is -0.345 e. The molecule has 2 rings (SSSR count). The van der Waals surface area contributed by atoms with Gasteiger partial charge in [-0.3, -0.25) is 9.59 Å². The first-order valence-electron chi connectivity index (χ1n) is 5.99. The fraction of sp³-hybridized carbons (Fsp3) is 0.818.